The molecule has 124 valence electrons. The highest BCUT2D eigenvalue weighted by molar-refractivity contribution is 9.10. The summed E-state index contributed by atoms with van der Waals surface area (Å²) in [5, 5.41) is 11.8. The van der Waals surface area contributed by atoms with Gasteiger partial charge in [0.2, 0.25) is 0 Å². The number of nitriles is 1. The van der Waals surface area contributed by atoms with Crippen molar-refractivity contribution in [3.05, 3.63) is 58.1 Å². The van der Waals surface area contributed by atoms with Crippen molar-refractivity contribution in [1.29, 1.82) is 5.26 Å². The molecule has 4 nitrogen and oxygen atoms in total. The zero-order valence-corrected chi connectivity index (χ0v) is 15.3. The first-order chi connectivity index (χ1) is 11.5. The van der Waals surface area contributed by atoms with Crippen LogP contribution in [0.4, 0.5) is 5.69 Å². The van der Waals surface area contributed by atoms with Crippen LogP contribution in [0, 0.1) is 17.2 Å². The fourth-order valence-electron chi connectivity index (χ4n) is 2.08. The molecule has 0 aliphatic rings. The van der Waals surface area contributed by atoms with Gasteiger partial charge < -0.3 is 10.1 Å². The summed E-state index contributed by atoms with van der Waals surface area (Å²) >= 11 is 3.39. The number of rotatable bonds is 6. The van der Waals surface area contributed by atoms with Crippen LogP contribution in [-0.4, -0.2) is 12.5 Å². The smallest absolute Gasteiger partial charge is 0.259 e. The van der Waals surface area contributed by atoms with E-state index in [4.69, 9.17) is 10.00 Å². The molecule has 0 heterocycles. The Balaban J connectivity index is 2.18. The first-order valence-electron chi connectivity index (χ1n) is 7.73. The molecule has 2 rings (SSSR count). The molecule has 0 atom stereocenters. The maximum Gasteiger partial charge on any atom is 0.259 e. The SMILES string of the molecule is CC(C)CCOc1ccc(Br)cc1C(=O)Nc1cccc(C#N)c1. The second kappa shape index (κ2) is 8.51. The number of hydrogen-bond donors (Lipinski definition) is 1. The predicted octanol–water partition coefficient (Wildman–Crippen LogP) is 5.00. The highest BCUT2D eigenvalue weighted by Crippen LogP contribution is 2.25. The van der Waals surface area contributed by atoms with Crippen molar-refractivity contribution < 1.29 is 9.53 Å². The minimum absolute atomic E-state index is 0.272. The Morgan fingerprint density at radius 1 is 1.29 bits per heavy atom. The predicted molar refractivity (Wildman–Crippen MR) is 98.2 cm³/mol. The molecule has 0 saturated carbocycles. The number of nitrogens with zero attached hydrogens (tertiary/aromatic N) is 1. The largest absolute Gasteiger partial charge is 0.493 e. The molecule has 5 heteroatoms. The normalized spacial score (nSPS) is 10.3. The van der Waals surface area contributed by atoms with Gasteiger partial charge in [0.1, 0.15) is 5.75 Å². The molecule has 0 fully saturated rings. The number of nitrogens with one attached hydrogen (secondary N) is 1. The van der Waals surface area contributed by atoms with Crippen LogP contribution < -0.4 is 10.1 Å². The summed E-state index contributed by atoms with van der Waals surface area (Å²) in [7, 11) is 0. The van der Waals surface area contributed by atoms with Crippen LogP contribution in [0.25, 0.3) is 0 Å². The van der Waals surface area contributed by atoms with Crippen molar-refractivity contribution in [1.82, 2.24) is 0 Å². The van der Waals surface area contributed by atoms with Gasteiger partial charge in [0, 0.05) is 10.2 Å². The van der Waals surface area contributed by atoms with Crippen molar-refractivity contribution >= 4 is 27.5 Å². The van der Waals surface area contributed by atoms with Gasteiger partial charge in [-0.25, -0.2) is 0 Å². The van der Waals surface area contributed by atoms with E-state index >= 15 is 0 Å². The summed E-state index contributed by atoms with van der Waals surface area (Å²) < 4.78 is 6.57. The van der Waals surface area contributed by atoms with Gasteiger partial charge in [-0.15, -0.1) is 0 Å². The van der Waals surface area contributed by atoms with Crippen molar-refractivity contribution in [2.24, 2.45) is 5.92 Å². The summed E-state index contributed by atoms with van der Waals surface area (Å²) in [5.74, 6) is 0.810. The van der Waals surface area contributed by atoms with Crippen LogP contribution in [-0.2, 0) is 0 Å². The molecule has 0 unspecified atom stereocenters. The number of hydrogen-bond acceptors (Lipinski definition) is 3. The van der Waals surface area contributed by atoms with Gasteiger partial charge in [0.15, 0.2) is 0 Å². The number of carbonyl (C=O) groups excluding carboxylic acids is 1. The first kappa shape index (κ1) is 18.0. The molecule has 24 heavy (non-hydrogen) atoms. The number of halogens is 1. The van der Waals surface area contributed by atoms with E-state index in [-0.39, 0.29) is 5.91 Å². The Bertz CT molecular complexity index is 766. The zero-order chi connectivity index (χ0) is 17.5. The van der Waals surface area contributed by atoms with Gasteiger partial charge >= 0.3 is 0 Å². The van der Waals surface area contributed by atoms with E-state index in [9.17, 15) is 4.79 Å². The Hall–Kier alpha value is -2.32. The quantitative estimate of drug-likeness (QED) is 0.759. The lowest BCUT2D eigenvalue weighted by molar-refractivity contribution is 0.102. The molecular formula is C19H19BrN2O2. The average Bonchev–Trinajstić information content (AvgIpc) is 2.56. The van der Waals surface area contributed by atoms with Crippen LogP contribution in [0.15, 0.2) is 46.9 Å². The van der Waals surface area contributed by atoms with E-state index in [1.54, 1.807) is 36.4 Å². The second-order valence-corrected chi connectivity index (χ2v) is 6.73. The number of benzene rings is 2. The lowest BCUT2D eigenvalue weighted by Gasteiger charge is -2.13. The van der Waals surface area contributed by atoms with E-state index in [0.29, 0.717) is 35.1 Å². The van der Waals surface area contributed by atoms with Crippen molar-refractivity contribution in [2.45, 2.75) is 20.3 Å². The highest BCUT2D eigenvalue weighted by Gasteiger charge is 2.14. The molecule has 2 aromatic carbocycles. The van der Waals surface area contributed by atoms with Gasteiger partial charge in [0.05, 0.1) is 23.8 Å². The van der Waals surface area contributed by atoms with E-state index in [1.807, 2.05) is 6.07 Å². The van der Waals surface area contributed by atoms with Gasteiger partial charge in [0.25, 0.3) is 5.91 Å². The average molecular weight is 387 g/mol. The third kappa shape index (κ3) is 5.10. The van der Waals surface area contributed by atoms with Crippen LogP contribution in [0.2, 0.25) is 0 Å². The summed E-state index contributed by atoms with van der Waals surface area (Å²) in [4.78, 5) is 12.6. The lowest BCUT2D eigenvalue weighted by Crippen LogP contribution is -2.14. The van der Waals surface area contributed by atoms with Crippen molar-refractivity contribution in [3.8, 4) is 11.8 Å². The summed E-state index contributed by atoms with van der Waals surface area (Å²) in [5.41, 5.74) is 1.53. The molecule has 0 aliphatic heterocycles. The Kier molecular flexibility index (Phi) is 6.39. The molecule has 2 aromatic rings. The fourth-order valence-corrected chi connectivity index (χ4v) is 2.44. The van der Waals surface area contributed by atoms with Crippen LogP contribution in [0.1, 0.15) is 36.2 Å². The molecule has 0 aliphatic carbocycles. The molecule has 0 saturated heterocycles. The van der Waals surface area contributed by atoms with E-state index in [2.05, 4.69) is 41.2 Å². The van der Waals surface area contributed by atoms with Gasteiger partial charge in [-0.3, -0.25) is 4.79 Å². The standard InChI is InChI=1S/C19H19BrN2O2/c1-13(2)8-9-24-18-7-6-15(20)11-17(18)19(23)22-16-5-3-4-14(10-16)12-21/h3-7,10-11,13H,8-9H2,1-2H3,(H,22,23). The fraction of sp³-hybridized carbons (Fsp3) is 0.263. The number of carbonyl (C=O) groups is 1. The summed E-state index contributed by atoms with van der Waals surface area (Å²) in [6.07, 6.45) is 0.918. The van der Waals surface area contributed by atoms with E-state index in [0.717, 1.165) is 10.9 Å². The van der Waals surface area contributed by atoms with Crippen LogP contribution in [0.5, 0.6) is 5.75 Å². The van der Waals surface area contributed by atoms with Gasteiger partial charge in [-0.1, -0.05) is 35.8 Å². The number of anilines is 1. The number of amides is 1. The molecule has 1 amide bonds. The number of ether oxygens (including phenoxy) is 1. The maximum atomic E-state index is 12.6. The first-order valence-corrected chi connectivity index (χ1v) is 8.52. The van der Waals surface area contributed by atoms with Crippen LogP contribution >= 0.6 is 15.9 Å². The Labute approximate surface area is 150 Å². The lowest BCUT2D eigenvalue weighted by atomic mass is 10.1. The highest BCUT2D eigenvalue weighted by atomic mass is 79.9. The van der Waals surface area contributed by atoms with Gasteiger partial charge in [-0.2, -0.15) is 5.26 Å². The Morgan fingerprint density at radius 2 is 2.08 bits per heavy atom. The molecule has 0 radical (unpaired) electrons. The summed E-state index contributed by atoms with van der Waals surface area (Å²) in [6, 6.07) is 14.2. The second-order valence-electron chi connectivity index (χ2n) is 5.82. The van der Waals surface area contributed by atoms with Gasteiger partial charge in [-0.05, 0) is 48.7 Å². The molecular weight excluding hydrogens is 368 g/mol. The molecule has 0 aromatic heterocycles. The van der Waals surface area contributed by atoms with Crippen molar-refractivity contribution in [3.63, 3.8) is 0 Å². The minimum Gasteiger partial charge on any atom is -0.493 e. The third-order valence-electron chi connectivity index (χ3n) is 3.39. The van der Waals surface area contributed by atoms with E-state index in [1.165, 1.54) is 0 Å². The van der Waals surface area contributed by atoms with Crippen molar-refractivity contribution in [2.75, 3.05) is 11.9 Å². The Morgan fingerprint density at radius 3 is 2.79 bits per heavy atom. The zero-order valence-electron chi connectivity index (χ0n) is 13.7. The molecule has 0 bridgehead atoms. The monoisotopic (exact) mass is 386 g/mol. The molecule has 0 spiro atoms. The minimum atomic E-state index is -0.272. The van der Waals surface area contributed by atoms with E-state index < -0.39 is 0 Å². The maximum absolute atomic E-state index is 12.6. The third-order valence-corrected chi connectivity index (χ3v) is 3.88. The molecule has 1 N–H and O–H groups in total. The van der Waals surface area contributed by atoms with Crippen LogP contribution in [0.3, 0.4) is 0 Å². The topological polar surface area (TPSA) is 62.1 Å². The summed E-state index contributed by atoms with van der Waals surface area (Å²) in [6.45, 7) is 4.81.